The molecule has 1 aliphatic heterocycles. The van der Waals surface area contributed by atoms with Crippen molar-refractivity contribution in [1.82, 2.24) is 10.2 Å². The van der Waals surface area contributed by atoms with Gasteiger partial charge in [-0.3, -0.25) is 9.79 Å². The second kappa shape index (κ2) is 13.8. The minimum atomic E-state index is -0.0496. The molecule has 0 aromatic heterocycles. The maximum Gasteiger partial charge on any atom is 0.221 e. The van der Waals surface area contributed by atoms with E-state index in [1.165, 1.54) is 31.7 Å². The molecule has 2 N–H and O–H groups in total. The van der Waals surface area contributed by atoms with Gasteiger partial charge in [0.15, 0.2) is 5.96 Å². The molecule has 1 fully saturated rings. The van der Waals surface area contributed by atoms with Crippen LogP contribution in [-0.2, 0) is 16.0 Å². The first-order valence-electron chi connectivity index (χ1n) is 10.0. The highest BCUT2D eigenvalue weighted by atomic mass is 127. The van der Waals surface area contributed by atoms with Gasteiger partial charge in [0.25, 0.3) is 0 Å². The molecular formula is C21H35IN4O2. The number of rotatable bonds is 8. The van der Waals surface area contributed by atoms with E-state index >= 15 is 0 Å². The van der Waals surface area contributed by atoms with E-state index in [9.17, 15) is 4.79 Å². The molecule has 0 spiro atoms. The predicted octanol–water partition coefficient (Wildman–Crippen LogP) is 3.52. The quantitative estimate of drug-likeness (QED) is 0.325. The smallest absolute Gasteiger partial charge is 0.221 e. The summed E-state index contributed by atoms with van der Waals surface area (Å²) in [6.45, 7) is 8.05. The number of nitrogens with zero attached hydrogens (tertiary/aromatic N) is 2. The number of hydrogen-bond acceptors (Lipinski definition) is 3. The molecule has 0 atom stereocenters. The van der Waals surface area contributed by atoms with Crippen LogP contribution < -0.4 is 10.6 Å². The minimum Gasteiger partial charge on any atom is -0.381 e. The fraction of sp³-hybridized carbons (Fsp3) is 0.619. The van der Waals surface area contributed by atoms with E-state index < -0.39 is 0 Å². The molecule has 1 aromatic carbocycles. The number of hydrogen-bond donors (Lipinski definition) is 2. The van der Waals surface area contributed by atoms with Crippen LogP contribution in [0, 0.1) is 5.92 Å². The van der Waals surface area contributed by atoms with Gasteiger partial charge in [-0.25, -0.2) is 0 Å². The summed E-state index contributed by atoms with van der Waals surface area (Å²) in [6, 6.07) is 7.96. The van der Waals surface area contributed by atoms with Crippen molar-refractivity contribution in [3.63, 3.8) is 0 Å². The molecule has 1 amide bonds. The van der Waals surface area contributed by atoms with Gasteiger partial charge in [-0.15, -0.1) is 24.0 Å². The monoisotopic (exact) mass is 502 g/mol. The van der Waals surface area contributed by atoms with Crippen LogP contribution in [0.15, 0.2) is 29.3 Å². The molecule has 7 heteroatoms. The molecule has 1 heterocycles. The lowest BCUT2D eigenvalue weighted by Crippen LogP contribution is -2.40. The van der Waals surface area contributed by atoms with Crippen molar-refractivity contribution < 1.29 is 9.53 Å². The molecule has 0 saturated carbocycles. The second-order valence-electron chi connectivity index (χ2n) is 7.13. The van der Waals surface area contributed by atoms with Crippen molar-refractivity contribution in [2.45, 2.75) is 39.5 Å². The Kier molecular flexibility index (Phi) is 12.1. The normalized spacial score (nSPS) is 14.9. The fourth-order valence-corrected chi connectivity index (χ4v) is 3.24. The molecule has 0 aliphatic carbocycles. The van der Waals surface area contributed by atoms with Crippen LogP contribution >= 0.6 is 24.0 Å². The summed E-state index contributed by atoms with van der Waals surface area (Å²) in [6.07, 6.45) is 4.42. The molecule has 0 unspecified atom stereocenters. The van der Waals surface area contributed by atoms with Gasteiger partial charge in [0.2, 0.25) is 5.91 Å². The SMILES string of the molecule is CCNC(=NCCc1ccc(NC(C)=O)cc1)N(C)CCC1CCOCC1.I. The predicted molar refractivity (Wildman–Crippen MR) is 127 cm³/mol. The van der Waals surface area contributed by atoms with Gasteiger partial charge in [0.05, 0.1) is 0 Å². The Labute approximate surface area is 186 Å². The third-order valence-corrected chi connectivity index (χ3v) is 4.85. The van der Waals surface area contributed by atoms with Gasteiger partial charge in [0, 0.05) is 52.5 Å². The number of carbonyl (C=O) groups is 1. The van der Waals surface area contributed by atoms with Crippen LogP contribution in [-0.4, -0.2) is 56.7 Å². The van der Waals surface area contributed by atoms with Crippen molar-refractivity contribution in [3.05, 3.63) is 29.8 Å². The molecule has 28 heavy (non-hydrogen) atoms. The third-order valence-electron chi connectivity index (χ3n) is 4.85. The van der Waals surface area contributed by atoms with E-state index in [0.29, 0.717) is 0 Å². The van der Waals surface area contributed by atoms with Crippen molar-refractivity contribution in [1.29, 1.82) is 0 Å². The molecule has 1 aliphatic rings. The zero-order valence-corrected chi connectivity index (χ0v) is 19.7. The molecule has 1 aromatic rings. The van der Waals surface area contributed by atoms with Gasteiger partial charge < -0.3 is 20.3 Å². The zero-order chi connectivity index (χ0) is 19.5. The topological polar surface area (TPSA) is 66.0 Å². The van der Waals surface area contributed by atoms with Crippen molar-refractivity contribution >= 4 is 41.5 Å². The molecule has 2 rings (SSSR count). The van der Waals surface area contributed by atoms with E-state index in [1.54, 1.807) is 0 Å². The molecule has 1 saturated heterocycles. The average Bonchev–Trinajstić information content (AvgIpc) is 2.67. The van der Waals surface area contributed by atoms with Crippen LogP contribution in [0.25, 0.3) is 0 Å². The van der Waals surface area contributed by atoms with Gasteiger partial charge in [-0.1, -0.05) is 12.1 Å². The summed E-state index contributed by atoms with van der Waals surface area (Å²) in [5.74, 6) is 1.69. The fourth-order valence-electron chi connectivity index (χ4n) is 3.24. The standard InChI is InChI=1S/C21H34N4O2.HI/c1-4-22-21(25(3)14-10-19-11-15-27-16-12-19)23-13-9-18-5-7-20(8-6-18)24-17(2)26;/h5-8,19H,4,9-16H2,1-3H3,(H,22,23)(H,24,26);1H. The van der Waals surface area contributed by atoms with Gasteiger partial charge in [-0.05, 0) is 56.2 Å². The molecule has 158 valence electrons. The number of nitrogens with one attached hydrogen (secondary N) is 2. The largest absolute Gasteiger partial charge is 0.381 e. The van der Waals surface area contributed by atoms with Gasteiger partial charge in [0.1, 0.15) is 0 Å². The van der Waals surface area contributed by atoms with E-state index in [0.717, 1.165) is 56.8 Å². The molecular weight excluding hydrogens is 467 g/mol. The Morgan fingerprint density at radius 1 is 1.25 bits per heavy atom. The first-order valence-corrected chi connectivity index (χ1v) is 10.0. The average molecular weight is 502 g/mol. The van der Waals surface area contributed by atoms with Crippen LogP contribution in [0.4, 0.5) is 5.69 Å². The molecule has 0 bridgehead atoms. The number of aliphatic imine (C=N–C) groups is 1. The summed E-state index contributed by atoms with van der Waals surface area (Å²) in [5.41, 5.74) is 2.05. The van der Waals surface area contributed by atoms with E-state index in [1.807, 2.05) is 24.3 Å². The number of benzene rings is 1. The lowest BCUT2D eigenvalue weighted by atomic mass is 9.96. The summed E-state index contributed by atoms with van der Waals surface area (Å²) in [7, 11) is 2.11. The van der Waals surface area contributed by atoms with Crippen LogP contribution in [0.3, 0.4) is 0 Å². The Hall–Kier alpha value is -1.35. The highest BCUT2D eigenvalue weighted by Crippen LogP contribution is 2.18. The van der Waals surface area contributed by atoms with E-state index in [4.69, 9.17) is 9.73 Å². The highest BCUT2D eigenvalue weighted by Gasteiger charge is 2.15. The van der Waals surface area contributed by atoms with Crippen LogP contribution in [0.5, 0.6) is 0 Å². The molecule has 6 nitrogen and oxygen atoms in total. The maximum atomic E-state index is 11.1. The number of ether oxygens (including phenoxy) is 1. The minimum absolute atomic E-state index is 0. The number of guanidine groups is 1. The maximum absolute atomic E-state index is 11.1. The summed E-state index contributed by atoms with van der Waals surface area (Å²) in [4.78, 5) is 18.1. The first kappa shape index (κ1) is 24.7. The molecule has 0 radical (unpaired) electrons. The van der Waals surface area contributed by atoms with Crippen molar-refractivity contribution in [2.24, 2.45) is 10.9 Å². The Morgan fingerprint density at radius 2 is 1.93 bits per heavy atom. The zero-order valence-electron chi connectivity index (χ0n) is 17.4. The number of amides is 1. The van der Waals surface area contributed by atoms with Gasteiger partial charge in [-0.2, -0.15) is 0 Å². The lowest BCUT2D eigenvalue weighted by Gasteiger charge is -2.26. The van der Waals surface area contributed by atoms with E-state index in [-0.39, 0.29) is 29.9 Å². The number of halogens is 1. The number of carbonyl (C=O) groups excluding carboxylic acids is 1. The van der Waals surface area contributed by atoms with Crippen molar-refractivity contribution in [2.75, 3.05) is 45.2 Å². The lowest BCUT2D eigenvalue weighted by molar-refractivity contribution is -0.114. The second-order valence-corrected chi connectivity index (χ2v) is 7.13. The number of anilines is 1. The van der Waals surface area contributed by atoms with Crippen LogP contribution in [0.1, 0.15) is 38.7 Å². The third kappa shape index (κ3) is 9.23. The summed E-state index contributed by atoms with van der Waals surface area (Å²) < 4.78 is 5.44. The van der Waals surface area contributed by atoms with E-state index in [2.05, 4.69) is 29.5 Å². The Morgan fingerprint density at radius 3 is 2.54 bits per heavy atom. The Bertz CT molecular complexity index is 601. The first-order chi connectivity index (χ1) is 13.1. The van der Waals surface area contributed by atoms with Gasteiger partial charge >= 0.3 is 0 Å². The Balaban J connectivity index is 0.00000392. The summed E-state index contributed by atoms with van der Waals surface area (Å²) in [5, 5.41) is 6.18. The summed E-state index contributed by atoms with van der Waals surface area (Å²) >= 11 is 0. The van der Waals surface area contributed by atoms with Crippen molar-refractivity contribution in [3.8, 4) is 0 Å². The highest BCUT2D eigenvalue weighted by molar-refractivity contribution is 14.0. The van der Waals surface area contributed by atoms with Crippen LogP contribution in [0.2, 0.25) is 0 Å².